The van der Waals surface area contributed by atoms with E-state index in [0.717, 1.165) is 11.1 Å². The molecule has 0 heterocycles. The first-order valence-electron chi connectivity index (χ1n) is 4.03. The minimum Gasteiger partial charge on any atom is -0.398 e. The number of carbonyl (C=O) groups is 1. The van der Waals surface area contributed by atoms with Crippen LogP contribution in [0.3, 0.4) is 0 Å². The maximum absolute atomic E-state index is 11.1. The third-order valence-corrected chi connectivity index (χ3v) is 3.01. The van der Waals surface area contributed by atoms with Crippen molar-refractivity contribution in [3.8, 4) is 0 Å². The number of hydrogen-bond donors (Lipinski definition) is 1. The number of Topliss-reactive ketones (excluding diaryl/α,β-unsaturated/α-hetero) is 1. The summed E-state index contributed by atoms with van der Waals surface area (Å²) in [5.74, 6) is 0.0653. The van der Waals surface area contributed by atoms with Gasteiger partial charge in [-0.2, -0.15) is 0 Å². The van der Waals surface area contributed by atoms with Gasteiger partial charge in [0, 0.05) is 5.69 Å². The third-order valence-electron chi connectivity index (χ3n) is 1.87. The fourth-order valence-electron chi connectivity index (χ4n) is 1.14. The lowest BCUT2D eigenvalue weighted by atomic mass is 10.1. The van der Waals surface area contributed by atoms with Gasteiger partial charge in [0.1, 0.15) is 5.78 Å². The lowest BCUT2D eigenvalue weighted by Gasteiger charge is -2.09. The molecule has 1 aromatic rings. The first-order chi connectivity index (χ1) is 6.02. The largest absolute Gasteiger partial charge is 0.398 e. The summed E-state index contributed by atoms with van der Waals surface area (Å²) >= 11 is 3.30. The minimum absolute atomic E-state index is 0.0653. The Bertz CT molecular complexity index is 336. The van der Waals surface area contributed by atoms with Crippen molar-refractivity contribution in [3.05, 3.63) is 29.3 Å². The number of benzene rings is 1. The second-order valence-electron chi connectivity index (χ2n) is 3.11. The lowest BCUT2D eigenvalue weighted by molar-refractivity contribution is -0.116. The minimum atomic E-state index is -0.284. The van der Waals surface area contributed by atoms with Crippen molar-refractivity contribution in [1.29, 1.82) is 0 Å². The topological polar surface area (TPSA) is 43.1 Å². The Morgan fingerprint density at radius 3 is 2.62 bits per heavy atom. The van der Waals surface area contributed by atoms with E-state index in [4.69, 9.17) is 5.73 Å². The first kappa shape index (κ1) is 10.3. The standard InChI is InChI=1S/C10H12BrNO/c1-6-3-4-8(9(12)5-6)10(11)7(2)13/h3-5,10H,12H2,1-2H3. The van der Waals surface area contributed by atoms with Crippen molar-refractivity contribution in [1.82, 2.24) is 0 Å². The molecule has 0 radical (unpaired) electrons. The SMILES string of the molecule is CC(=O)C(Br)c1ccc(C)cc1N. The van der Waals surface area contributed by atoms with Gasteiger partial charge in [-0.3, -0.25) is 4.79 Å². The molecule has 0 aliphatic heterocycles. The van der Waals surface area contributed by atoms with Crippen LogP contribution in [0.4, 0.5) is 5.69 Å². The summed E-state index contributed by atoms with van der Waals surface area (Å²) < 4.78 is 0. The van der Waals surface area contributed by atoms with Crippen molar-refractivity contribution in [2.24, 2.45) is 0 Å². The van der Waals surface area contributed by atoms with Crippen LogP contribution in [0.2, 0.25) is 0 Å². The maximum atomic E-state index is 11.1. The molecule has 0 aliphatic rings. The number of ketones is 1. The zero-order valence-corrected chi connectivity index (χ0v) is 9.26. The fourth-order valence-corrected chi connectivity index (χ4v) is 1.56. The predicted octanol–water partition coefficient (Wildman–Crippen LogP) is 2.60. The number of nitrogen functional groups attached to an aromatic ring is 1. The Labute approximate surface area is 86.3 Å². The second kappa shape index (κ2) is 3.92. The summed E-state index contributed by atoms with van der Waals surface area (Å²) in [5.41, 5.74) is 8.39. The number of carbonyl (C=O) groups excluding carboxylic acids is 1. The lowest BCUT2D eigenvalue weighted by Crippen LogP contribution is -2.04. The number of hydrogen-bond acceptors (Lipinski definition) is 2. The molecule has 0 saturated heterocycles. The highest BCUT2D eigenvalue weighted by Gasteiger charge is 2.14. The van der Waals surface area contributed by atoms with E-state index in [0.29, 0.717) is 5.69 Å². The molecule has 1 rings (SSSR count). The van der Waals surface area contributed by atoms with Crippen LogP contribution in [0.25, 0.3) is 0 Å². The van der Waals surface area contributed by atoms with Crippen LogP contribution >= 0.6 is 15.9 Å². The Balaban J connectivity index is 3.08. The van der Waals surface area contributed by atoms with Gasteiger partial charge in [0.05, 0.1) is 4.83 Å². The van der Waals surface area contributed by atoms with Crippen LogP contribution in [0.5, 0.6) is 0 Å². The van der Waals surface area contributed by atoms with E-state index in [9.17, 15) is 4.79 Å². The van der Waals surface area contributed by atoms with Crippen molar-refractivity contribution in [3.63, 3.8) is 0 Å². The molecule has 1 aromatic carbocycles. The molecule has 0 bridgehead atoms. The van der Waals surface area contributed by atoms with Gasteiger partial charge >= 0.3 is 0 Å². The van der Waals surface area contributed by atoms with E-state index in [2.05, 4.69) is 15.9 Å². The van der Waals surface area contributed by atoms with E-state index in [-0.39, 0.29) is 10.6 Å². The molecule has 1 unspecified atom stereocenters. The van der Waals surface area contributed by atoms with Crippen LogP contribution < -0.4 is 5.73 Å². The van der Waals surface area contributed by atoms with Gasteiger partial charge in [-0.25, -0.2) is 0 Å². The second-order valence-corrected chi connectivity index (χ2v) is 4.02. The Kier molecular flexibility index (Phi) is 3.09. The summed E-state index contributed by atoms with van der Waals surface area (Å²) in [5, 5.41) is 0. The molecule has 1 atom stereocenters. The highest BCUT2D eigenvalue weighted by Crippen LogP contribution is 2.28. The van der Waals surface area contributed by atoms with E-state index in [1.54, 1.807) is 6.92 Å². The van der Waals surface area contributed by atoms with Crippen LogP contribution in [0.1, 0.15) is 22.9 Å². The van der Waals surface area contributed by atoms with Gasteiger partial charge in [-0.15, -0.1) is 0 Å². The molecule has 0 amide bonds. The molecule has 0 saturated carbocycles. The molecule has 0 aromatic heterocycles. The van der Waals surface area contributed by atoms with Gasteiger partial charge < -0.3 is 5.73 Å². The molecule has 0 fully saturated rings. The number of alkyl halides is 1. The fraction of sp³-hybridized carbons (Fsp3) is 0.300. The Morgan fingerprint density at radius 2 is 2.15 bits per heavy atom. The third kappa shape index (κ3) is 2.31. The molecule has 2 N–H and O–H groups in total. The van der Waals surface area contributed by atoms with E-state index >= 15 is 0 Å². The molecular weight excluding hydrogens is 230 g/mol. The molecule has 3 heteroatoms. The van der Waals surface area contributed by atoms with Crippen molar-refractivity contribution in [2.45, 2.75) is 18.7 Å². The molecule has 13 heavy (non-hydrogen) atoms. The molecular formula is C10H12BrNO. The number of nitrogens with two attached hydrogens (primary N) is 1. The van der Waals surface area contributed by atoms with Crippen LogP contribution in [0.15, 0.2) is 18.2 Å². The van der Waals surface area contributed by atoms with Gasteiger partial charge in [0.15, 0.2) is 0 Å². The van der Waals surface area contributed by atoms with Gasteiger partial charge in [0.2, 0.25) is 0 Å². The summed E-state index contributed by atoms with van der Waals surface area (Å²) in [4.78, 5) is 10.8. The number of aryl methyl sites for hydroxylation is 1. The zero-order chi connectivity index (χ0) is 10.0. The quantitative estimate of drug-likeness (QED) is 0.639. The monoisotopic (exact) mass is 241 g/mol. The number of halogens is 1. The van der Waals surface area contributed by atoms with Crippen molar-refractivity contribution in [2.75, 3.05) is 5.73 Å². The summed E-state index contributed by atoms with van der Waals surface area (Å²) in [7, 11) is 0. The normalized spacial score (nSPS) is 12.5. The maximum Gasteiger partial charge on any atom is 0.147 e. The highest BCUT2D eigenvalue weighted by atomic mass is 79.9. The number of rotatable bonds is 2. The Morgan fingerprint density at radius 1 is 1.54 bits per heavy atom. The van der Waals surface area contributed by atoms with Crippen molar-refractivity contribution >= 4 is 27.4 Å². The highest BCUT2D eigenvalue weighted by molar-refractivity contribution is 9.09. The van der Waals surface area contributed by atoms with Crippen LogP contribution in [-0.2, 0) is 4.79 Å². The van der Waals surface area contributed by atoms with E-state index in [1.807, 2.05) is 25.1 Å². The Hall–Kier alpha value is -0.830. The van der Waals surface area contributed by atoms with E-state index < -0.39 is 0 Å². The van der Waals surface area contributed by atoms with Crippen LogP contribution in [0, 0.1) is 6.92 Å². The van der Waals surface area contributed by atoms with Crippen LogP contribution in [-0.4, -0.2) is 5.78 Å². The van der Waals surface area contributed by atoms with Gasteiger partial charge in [-0.1, -0.05) is 28.1 Å². The summed E-state index contributed by atoms with van der Waals surface area (Å²) in [6.07, 6.45) is 0. The van der Waals surface area contributed by atoms with Gasteiger partial charge in [0.25, 0.3) is 0 Å². The average molecular weight is 242 g/mol. The smallest absolute Gasteiger partial charge is 0.147 e. The average Bonchev–Trinajstić information content (AvgIpc) is 2.03. The van der Waals surface area contributed by atoms with E-state index in [1.165, 1.54) is 0 Å². The molecule has 2 nitrogen and oxygen atoms in total. The molecule has 0 spiro atoms. The number of anilines is 1. The van der Waals surface area contributed by atoms with Gasteiger partial charge in [-0.05, 0) is 31.0 Å². The zero-order valence-electron chi connectivity index (χ0n) is 7.67. The summed E-state index contributed by atoms with van der Waals surface area (Å²) in [6.45, 7) is 3.51. The first-order valence-corrected chi connectivity index (χ1v) is 4.94. The molecule has 70 valence electrons. The van der Waals surface area contributed by atoms with Crippen molar-refractivity contribution < 1.29 is 4.79 Å². The predicted molar refractivity (Wildman–Crippen MR) is 57.9 cm³/mol. The summed E-state index contributed by atoms with van der Waals surface area (Å²) in [6, 6.07) is 5.70. The molecule has 0 aliphatic carbocycles.